The molecule has 1 saturated heterocycles. The van der Waals surface area contributed by atoms with Crippen LogP contribution in [0.5, 0.6) is 0 Å². The molecule has 0 spiro atoms. The maximum Gasteiger partial charge on any atom is 0.409 e. The molecular weight excluding hydrogens is 234 g/mol. The fourth-order valence-corrected chi connectivity index (χ4v) is 1.51. The van der Waals surface area contributed by atoms with Gasteiger partial charge in [-0.05, 0) is 6.92 Å². The first kappa shape index (κ1) is 14.1. The van der Waals surface area contributed by atoms with Crippen LogP contribution in [-0.2, 0) is 9.47 Å². The Bertz CT molecular complexity index is 260. The number of carbonyl (C=O) groups is 1. The lowest BCUT2D eigenvalue weighted by molar-refractivity contribution is -0.234. The van der Waals surface area contributed by atoms with Crippen molar-refractivity contribution in [2.45, 2.75) is 37.6 Å². The van der Waals surface area contributed by atoms with Crippen molar-refractivity contribution in [1.29, 1.82) is 0 Å². The quantitative estimate of drug-likeness (QED) is 0.376. The van der Waals surface area contributed by atoms with E-state index in [0.29, 0.717) is 0 Å². The number of hydrogen-bond donors (Lipinski definition) is 5. The first-order valence-corrected chi connectivity index (χ1v) is 5.25. The zero-order chi connectivity index (χ0) is 13.0. The lowest BCUT2D eigenvalue weighted by Crippen LogP contribution is -2.63. The van der Waals surface area contributed by atoms with Crippen LogP contribution in [0.15, 0.2) is 0 Å². The number of aliphatic hydroxyl groups is 4. The fourth-order valence-electron chi connectivity index (χ4n) is 1.51. The lowest BCUT2D eigenvalue weighted by Gasteiger charge is -2.39. The minimum atomic E-state index is -1.52. The summed E-state index contributed by atoms with van der Waals surface area (Å²) in [6.45, 7) is 1.20. The summed E-state index contributed by atoms with van der Waals surface area (Å²) in [5.74, 6) is 0. The highest BCUT2D eigenvalue weighted by Crippen LogP contribution is 2.19. The second-order valence-electron chi connectivity index (χ2n) is 3.61. The molecule has 100 valence electrons. The Morgan fingerprint density at radius 3 is 2.47 bits per heavy atom. The lowest BCUT2D eigenvalue weighted by atomic mass is 9.98. The summed E-state index contributed by atoms with van der Waals surface area (Å²) in [7, 11) is 0. The molecule has 0 saturated carbocycles. The third-order valence-electron chi connectivity index (χ3n) is 2.43. The van der Waals surface area contributed by atoms with Gasteiger partial charge < -0.3 is 29.9 Å². The molecule has 1 aliphatic rings. The summed E-state index contributed by atoms with van der Waals surface area (Å²) in [5.41, 5.74) is 0. The molecule has 0 radical (unpaired) electrons. The van der Waals surface area contributed by atoms with Crippen LogP contribution in [0, 0.1) is 0 Å². The highest BCUT2D eigenvalue weighted by molar-refractivity contribution is 5.67. The molecular formula is C9H17NO7. The highest BCUT2D eigenvalue weighted by atomic mass is 16.6. The van der Waals surface area contributed by atoms with Gasteiger partial charge in [0.2, 0.25) is 0 Å². The van der Waals surface area contributed by atoms with Crippen molar-refractivity contribution < 1.29 is 34.7 Å². The molecule has 0 aromatic carbocycles. The van der Waals surface area contributed by atoms with E-state index in [1.54, 1.807) is 6.92 Å². The number of amides is 1. The Morgan fingerprint density at radius 1 is 1.29 bits per heavy atom. The molecule has 0 aromatic rings. The number of carbonyl (C=O) groups excluding carboxylic acids is 1. The van der Waals surface area contributed by atoms with Crippen LogP contribution < -0.4 is 5.32 Å². The van der Waals surface area contributed by atoms with Crippen LogP contribution in [0.3, 0.4) is 0 Å². The average molecular weight is 251 g/mol. The molecule has 1 amide bonds. The van der Waals surface area contributed by atoms with Crippen LogP contribution in [0.1, 0.15) is 6.92 Å². The van der Waals surface area contributed by atoms with Gasteiger partial charge in [-0.15, -0.1) is 0 Å². The third-order valence-corrected chi connectivity index (χ3v) is 2.43. The van der Waals surface area contributed by atoms with Gasteiger partial charge in [-0.3, -0.25) is 5.32 Å². The first-order chi connectivity index (χ1) is 8.01. The van der Waals surface area contributed by atoms with Crippen molar-refractivity contribution in [3.8, 4) is 0 Å². The van der Waals surface area contributed by atoms with Crippen LogP contribution in [-0.4, -0.2) is 70.4 Å². The monoisotopic (exact) mass is 251 g/mol. The molecule has 1 heterocycles. The van der Waals surface area contributed by atoms with Crippen molar-refractivity contribution in [2.75, 3.05) is 13.2 Å². The number of hydrogen-bond acceptors (Lipinski definition) is 7. The van der Waals surface area contributed by atoms with Crippen LogP contribution >= 0.6 is 0 Å². The number of aliphatic hydroxyl groups excluding tert-OH is 4. The summed E-state index contributed by atoms with van der Waals surface area (Å²) in [6, 6.07) is 0. The largest absolute Gasteiger partial charge is 0.450 e. The predicted molar refractivity (Wildman–Crippen MR) is 53.9 cm³/mol. The van der Waals surface area contributed by atoms with Crippen LogP contribution in [0.2, 0.25) is 0 Å². The maximum atomic E-state index is 11.1. The second kappa shape index (κ2) is 6.12. The number of ether oxygens (including phenoxy) is 2. The van der Waals surface area contributed by atoms with Gasteiger partial charge in [0, 0.05) is 0 Å². The van der Waals surface area contributed by atoms with E-state index in [9.17, 15) is 20.1 Å². The van der Waals surface area contributed by atoms with Crippen LogP contribution in [0.4, 0.5) is 4.79 Å². The van der Waals surface area contributed by atoms with Gasteiger partial charge >= 0.3 is 6.09 Å². The molecule has 1 rings (SSSR count). The molecule has 8 nitrogen and oxygen atoms in total. The molecule has 0 aliphatic carbocycles. The summed E-state index contributed by atoms with van der Waals surface area (Å²) in [6.07, 6.45) is -7.60. The van der Waals surface area contributed by atoms with E-state index < -0.39 is 43.3 Å². The van der Waals surface area contributed by atoms with E-state index in [0.717, 1.165) is 0 Å². The van der Waals surface area contributed by atoms with E-state index >= 15 is 0 Å². The molecule has 0 bridgehead atoms. The topological polar surface area (TPSA) is 128 Å². The first-order valence-electron chi connectivity index (χ1n) is 5.25. The molecule has 8 heteroatoms. The Morgan fingerprint density at radius 2 is 1.94 bits per heavy atom. The molecule has 0 aromatic heterocycles. The maximum absolute atomic E-state index is 11.1. The third kappa shape index (κ3) is 3.27. The Balaban J connectivity index is 2.62. The Hall–Kier alpha value is -0.930. The highest BCUT2D eigenvalue weighted by Gasteiger charge is 2.44. The van der Waals surface area contributed by atoms with Gasteiger partial charge in [-0.1, -0.05) is 0 Å². The zero-order valence-electron chi connectivity index (χ0n) is 9.31. The minimum absolute atomic E-state index is 0.142. The Labute approximate surface area is 97.8 Å². The summed E-state index contributed by atoms with van der Waals surface area (Å²) in [5, 5.41) is 39.5. The van der Waals surface area contributed by atoms with E-state index in [1.165, 1.54) is 0 Å². The molecule has 1 fully saturated rings. The van der Waals surface area contributed by atoms with E-state index in [1.807, 2.05) is 0 Å². The number of nitrogens with one attached hydrogen (secondary N) is 1. The van der Waals surface area contributed by atoms with Crippen molar-refractivity contribution in [2.24, 2.45) is 0 Å². The molecule has 5 N–H and O–H groups in total. The van der Waals surface area contributed by atoms with Crippen molar-refractivity contribution in [3.05, 3.63) is 0 Å². The van der Waals surface area contributed by atoms with Crippen LogP contribution in [0.25, 0.3) is 0 Å². The van der Waals surface area contributed by atoms with E-state index in [4.69, 9.17) is 9.84 Å². The predicted octanol–water partition coefficient (Wildman–Crippen LogP) is -2.47. The SMILES string of the molecule is CCOC(=O)N[C@@H]1O[C@@H](CO)[C@@H](O)[C@@H](O)[C@H]1O. The summed E-state index contributed by atoms with van der Waals surface area (Å²) >= 11 is 0. The fraction of sp³-hybridized carbons (Fsp3) is 0.889. The van der Waals surface area contributed by atoms with Crippen molar-refractivity contribution in [1.82, 2.24) is 5.32 Å². The standard InChI is InChI=1S/C9H17NO7/c1-2-16-9(15)10-8-7(14)6(13)5(12)4(3-11)17-8/h4-8,11-14H,2-3H2,1H3,(H,10,15)/t4-,5+,6+,7+,8+/m0/s1. The van der Waals surface area contributed by atoms with Crippen molar-refractivity contribution in [3.63, 3.8) is 0 Å². The normalized spacial score (nSPS) is 37.6. The molecule has 1 aliphatic heterocycles. The Kier molecular flexibility index (Phi) is 5.09. The number of alkyl carbamates (subject to hydrolysis) is 1. The van der Waals surface area contributed by atoms with Gasteiger partial charge in [0.1, 0.15) is 24.4 Å². The zero-order valence-corrected chi connectivity index (χ0v) is 9.31. The van der Waals surface area contributed by atoms with Crippen molar-refractivity contribution >= 4 is 6.09 Å². The van der Waals surface area contributed by atoms with Gasteiger partial charge in [0.15, 0.2) is 6.23 Å². The van der Waals surface area contributed by atoms with Gasteiger partial charge in [-0.2, -0.15) is 0 Å². The minimum Gasteiger partial charge on any atom is -0.450 e. The number of rotatable bonds is 3. The van der Waals surface area contributed by atoms with Gasteiger partial charge in [0.05, 0.1) is 13.2 Å². The van der Waals surface area contributed by atoms with Gasteiger partial charge in [0.25, 0.3) is 0 Å². The summed E-state index contributed by atoms with van der Waals surface area (Å²) in [4.78, 5) is 11.1. The smallest absolute Gasteiger partial charge is 0.409 e. The van der Waals surface area contributed by atoms with E-state index in [2.05, 4.69) is 10.1 Å². The van der Waals surface area contributed by atoms with Gasteiger partial charge in [-0.25, -0.2) is 4.79 Å². The molecule has 5 atom stereocenters. The molecule has 17 heavy (non-hydrogen) atoms. The van der Waals surface area contributed by atoms with E-state index in [-0.39, 0.29) is 6.61 Å². The average Bonchev–Trinajstić information content (AvgIpc) is 2.30. The second-order valence-corrected chi connectivity index (χ2v) is 3.61. The molecule has 0 unspecified atom stereocenters. The summed E-state index contributed by atoms with van der Waals surface area (Å²) < 4.78 is 9.60.